The molecule has 0 saturated heterocycles. The fourth-order valence-corrected chi connectivity index (χ4v) is 4.07. The number of benzene rings is 2. The maximum Gasteiger partial charge on any atom is 0.265 e. The Morgan fingerprint density at radius 3 is 2.48 bits per heavy atom. The van der Waals surface area contributed by atoms with Crippen LogP contribution in [0.25, 0.3) is 21.3 Å². The molecule has 0 radical (unpaired) electrons. The zero-order valence-electron chi connectivity index (χ0n) is 16.5. The van der Waals surface area contributed by atoms with E-state index < -0.39 is 0 Å². The van der Waals surface area contributed by atoms with Crippen LogP contribution >= 0.6 is 11.3 Å². The average Bonchev–Trinajstić information content (AvgIpc) is 3.09. The number of aryl methyl sites for hydroxylation is 1. The predicted octanol–water partition coefficient (Wildman–Crippen LogP) is 4.69. The maximum absolute atomic E-state index is 13.0. The molecule has 1 heterocycles. The molecule has 142 valence electrons. The molecule has 5 heteroatoms. The molecule has 27 heavy (non-hydrogen) atoms. The minimum atomic E-state index is 0.0871. The van der Waals surface area contributed by atoms with E-state index in [0.29, 0.717) is 6.54 Å². The lowest BCUT2D eigenvalue weighted by molar-refractivity contribution is 0.0755. The van der Waals surface area contributed by atoms with Gasteiger partial charge in [-0.05, 0) is 44.3 Å². The number of carbonyl (C=O) groups is 1. The van der Waals surface area contributed by atoms with Crippen LogP contribution in [0.5, 0.6) is 0 Å². The zero-order valence-corrected chi connectivity index (χ0v) is 17.3. The third-order valence-electron chi connectivity index (χ3n) is 4.95. The Morgan fingerprint density at radius 2 is 1.78 bits per heavy atom. The highest BCUT2D eigenvalue weighted by Gasteiger charge is 2.21. The van der Waals surface area contributed by atoms with Gasteiger partial charge in [-0.25, -0.2) is 4.98 Å². The normalized spacial score (nSPS) is 11.3. The van der Waals surface area contributed by atoms with Gasteiger partial charge in [0.25, 0.3) is 5.91 Å². The van der Waals surface area contributed by atoms with Gasteiger partial charge in [0.05, 0.1) is 5.69 Å². The lowest BCUT2D eigenvalue weighted by Gasteiger charge is -2.23. The minimum absolute atomic E-state index is 0.0871. The molecule has 0 bridgehead atoms. The summed E-state index contributed by atoms with van der Waals surface area (Å²) < 4.78 is 0. The molecule has 1 amide bonds. The summed E-state index contributed by atoms with van der Waals surface area (Å²) >= 11 is 1.50. The fourth-order valence-electron chi connectivity index (χ4n) is 3.04. The molecule has 0 aliphatic rings. The lowest BCUT2D eigenvalue weighted by Crippen LogP contribution is -2.37. The summed E-state index contributed by atoms with van der Waals surface area (Å²) in [5.74, 6) is 0.0871. The summed E-state index contributed by atoms with van der Waals surface area (Å²) in [6.45, 7) is 9.40. The van der Waals surface area contributed by atoms with E-state index in [9.17, 15) is 4.79 Å². The molecule has 0 unspecified atom stereocenters. The number of aromatic nitrogens is 1. The number of fused-ring (bicyclic) bond motifs is 1. The smallest absolute Gasteiger partial charge is 0.265 e. The van der Waals surface area contributed by atoms with Crippen LogP contribution in [-0.4, -0.2) is 53.9 Å². The quantitative estimate of drug-likeness (QED) is 0.596. The Balaban J connectivity index is 1.85. The Hall–Kier alpha value is -2.24. The third kappa shape index (κ3) is 4.37. The van der Waals surface area contributed by atoms with Gasteiger partial charge in [0.15, 0.2) is 0 Å². The Bertz CT molecular complexity index is 934. The monoisotopic (exact) mass is 381 g/mol. The molecule has 1 aromatic heterocycles. The van der Waals surface area contributed by atoms with E-state index in [1.807, 2.05) is 30.9 Å². The van der Waals surface area contributed by atoms with Gasteiger partial charge in [-0.15, -0.1) is 11.3 Å². The number of nitrogens with zero attached hydrogens (tertiary/aromatic N) is 3. The Morgan fingerprint density at radius 1 is 1.04 bits per heavy atom. The summed E-state index contributed by atoms with van der Waals surface area (Å²) in [4.78, 5) is 22.6. The zero-order chi connectivity index (χ0) is 19.4. The maximum atomic E-state index is 13.0. The number of amides is 1. The highest BCUT2D eigenvalue weighted by molar-refractivity contribution is 7.17. The number of thiazole rings is 1. The van der Waals surface area contributed by atoms with Crippen molar-refractivity contribution in [1.82, 2.24) is 14.8 Å². The van der Waals surface area contributed by atoms with Crippen molar-refractivity contribution in [2.75, 3.05) is 33.2 Å². The molecular formula is C22H27N3OS. The number of likely N-dealkylation sites (N-methyl/N-ethyl adjacent to an activating group) is 2. The molecule has 3 aromatic rings. The second-order valence-corrected chi connectivity index (χ2v) is 7.78. The summed E-state index contributed by atoms with van der Waals surface area (Å²) in [5.41, 5.74) is 1.88. The van der Waals surface area contributed by atoms with Gasteiger partial charge in [0, 0.05) is 25.2 Å². The van der Waals surface area contributed by atoms with Crippen LogP contribution in [-0.2, 0) is 0 Å². The number of hydrogen-bond acceptors (Lipinski definition) is 4. The van der Waals surface area contributed by atoms with Crippen molar-refractivity contribution in [3.8, 4) is 10.6 Å². The minimum Gasteiger partial charge on any atom is -0.337 e. The van der Waals surface area contributed by atoms with Gasteiger partial charge < -0.3 is 9.80 Å². The molecule has 0 saturated carbocycles. The van der Waals surface area contributed by atoms with Gasteiger partial charge in [0.2, 0.25) is 0 Å². The molecule has 0 atom stereocenters. The van der Waals surface area contributed by atoms with Crippen molar-refractivity contribution in [2.45, 2.75) is 20.8 Å². The van der Waals surface area contributed by atoms with Crippen molar-refractivity contribution in [3.63, 3.8) is 0 Å². The standard InChI is InChI=1S/C22H27N3OS/c1-5-24(4)13-14-25(6-2)22(26)20-16(3)23-21(27-20)19-12-11-17-9-7-8-10-18(17)15-19/h7-12,15H,5-6,13-14H2,1-4H3. The molecular weight excluding hydrogens is 354 g/mol. The SMILES string of the molecule is CCN(C)CCN(CC)C(=O)c1sc(-c2ccc3ccccc3c2)nc1C. The molecule has 0 aliphatic carbocycles. The second-order valence-electron chi connectivity index (χ2n) is 6.78. The van der Waals surface area contributed by atoms with Crippen LogP contribution in [0.4, 0.5) is 0 Å². The number of rotatable bonds is 7. The van der Waals surface area contributed by atoms with Crippen LogP contribution in [0.3, 0.4) is 0 Å². The van der Waals surface area contributed by atoms with E-state index >= 15 is 0 Å². The molecule has 2 aromatic carbocycles. The number of carbonyl (C=O) groups excluding carboxylic acids is 1. The van der Waals surface area contributed by atoms with E-state index in [1.54, 1.807) is 0 Å². The topological polar surface area (TPSA) is 36.4 Å². The van der Waals surface area contributed by atoms with Crippen LogP contribution in [0.2, 0.25) is 0 Å². The van der Waals surface area contributed by atoms with Gasteiger partial charge in [0.1, 0.15) is 9.88 Å². The summed E-state index contributed by atoms with van der Waals surface area (Å²) in [5, 5.41) is 3.31. The molecule has 0 fully saturated rings. The molecule has 0 aliphatic heterocycles. The second kappa shape index (κ2) is 8.63. The van der Waals surface area contributed by atoms with Gasteiger partial charge >= 0.3 is 0 Å². The van der Waals surface area contributed by atoms with Gasteiger partial charge in [-0.1, -0.05) is 43.3 Å². The lowest BCUT2D eigenvalue weighted by atomic mass is 10.1. The molecule has 0 N–H and O–H groups in total. The fraction of sp³-hybridized carbons (Fsp3) is 0.364. The molecule has 4 nitrogen and oxygen atoms in total. The van der Waals surface area contributed by atoms with Crippen molar-refractivity contribution in [2.24, 2.45) is 0 Å². The van der Waals surface area contributed by atoms with Crippen LogP contribution in [0.1, 0.15) is 29.2 Å². The number of hydrogen-bond donors (Lipinski definition) is 0. The van der Waals surface area contributed by atoms with Crippen molar-refractivity contribution < 1.29 is 4.79 Å². The molecule has 3 rings (SSSR count). The highest BCUT2D eigenvalue weighted by Crippen LogP contribution is 2.31. The first-order chi connectivity index (χ1) is 13.0. The van der Waals surface area contributed by atoms with E-state index in [2.05, 4.69) is 49.2 Å². The van der Waals surface area contributed by atoms with E-state index in [4.69, 9.17) is 4.98 Å². The van der Waals surface area contributed by atoms with Crippen molar-refractivity contribution in [3.05, 3.63) is 53.0 Å². The summed E-state index contributed by atoms with van der Waals surface area (Å²) in [6.07, 6.45) is 0. The van der Waals surface area contributed by atoms with Crippen LogP contribution in [0.15, 0.2) is 42.5 Å². The van der Waals surface area contributed by atoms with Crippen molar-refractivity contribution in [1.29, 1.82) is 0 Å². The largest absolute Gasteiger partial charge is 0.337 e. The first kappa shape index (κ1) is 19.5. The van der Waals surface area contributed by atoms with Crippen LogP contribution < -0.4 is 0 Å². The van der Waals surface area contributed by atoms with Gasteiger partial charge in [-0.3, -0.25) is 4.79 Å². The highest BCUT2D eigenvalue weighted by atomic mass is 32.1. The van der Waals surface area contributed by atoms with E-state index in [0.717, 1.165) is 40.8 Å². The average molecular weight is 382 g/mol. The summed E-state index contributed by atoms with van der Waals surface area (Å²) in [6, 6.07) is 14.6. The van der Waals surface area contributed by atoms with Crippen molar-refractivity contribution >= 4 is 28.0 Å². The third-order valence-corrected chi connectivity index (χ3v) is 6.14. The Kier molecular flexibility index (Phi) is 6.24. The molecule has 0 spiro atoms. The van der Waals surface area contributed by atoms with E-state index in [1.165, 1.54) is 22.1 Å². The summed E-state index contributed by atoms with van der Waals surface area (Å²) in [7, 11) is 2.08. The first-order valence-corrected chi connectivity index (χ1v) is 10.3. The first-order valence-electron chi connectivity index (χ1n) is 9.47. The van der Waals surface area contributed by atoms with Gasteiger partial charge in [-0.2, -0.15) is 0 Å². The Labute approximate surface area is 165 Å². The van der Waals surface area contributed by atoms with E-state index in [-0.39, 0.29) is 5.91 Å². The van der Waals surface area contributed by atoms with Crippen LogP contribution in [0, 0.1) is 6.92 Å². The predicted molar refractivity (Wildman–Crippen MR) is 115 cm³/mol.